The van der Waals surface area contributed by atoms with Crippen molar-refractivity contribution in [2.45, 2.75) is 71.3 Å². The second-order valence-corrected chi connectivity index (χ2v) is 5.17. The van der Waals surface area contributed by atoms with Gasteiger partial charge in [0.1, 0.15) is 0 Å². The van der Waals surface area contributed by atoms with Crippen molar-refractivity contribution in [3.63, 3.8) is 0 Å². The topological polar surface area (TPSA) is 121 Å². The monoisotopic (exact) mass is 369 g/mol. The SMILES string of the molecule is CCCCCCCC.O=C(O)CC[C@H](N=S(=O)=O)C(=O)O.[Na].[Na]. The van der Waals surface area contributed by atoms with Gasteiger partial charge in [0.05, 0.1) is 0 Å². The fourth-order valence-electron chi connectivity index (χ4n) is 1.44. The van der Waals surface area contributed by atoms with Gasteiger partial charge < -0.3 is 10.2 Å². The van der Waals surface area contributed by atoms with Gasteiger partial charge in [0.15, 0.2) is 6.04 Å². The second-order valence-electron chi connectivity index (χ2n) is 4.52. The summed E-state index contributed by atoms with van der Waals surface area (Å²) in [6.45, 7) is 4.51. The molecule has 0 saturated heterocycles. The predicted molar refractivity (Wildman–Crippen MR) is 90.2 cm³/mol. The number of unbranched alkanes of at least 4 members (excludes halogenated alkanes) is 5. The molecule has 0 saturated carbocycles. The molecule has 0 amide bonds. The number of hydrogen-bond donors (Lipinski definition) is 2. The number of carboxylic acids is 2. The first-order valence-corrected chi connectivity index (χ1v) is 8.13. The van der Waals surface area contributed by atoms with Crippen LogP contribution in [0.3, 0.4) is 0 Å². The zero-order chi connectivity index (χ0) is 16.7. The van der Waals surface area contributed by atoms with Gasteiger partial charge in [-0.2, -0.15) is 12.8 Å². The third kappa shape index (κ3) is 27.7. The van der Waals surface area contributed by atoms with Gasteiger partial charge in [0.25, 0.3) is 0 Å². The average Bonchev–Trinajstić information content (AvgIpc) is 2.39. The van der Waals surface area contributed by atoms with Crippen LogP contribution in [0.15, 0.2) is 4.36 Å². The Hall–Kier alpha value is 0.560. The van der Waals surface area contributed by atoms with Gasteiger partial charge in [-0.3, -0.25) is 4.79 Å². The van der Waals surface area contributed by atoms with Crippen molar-refractivity contribution >= 4 is 81.6 Å². The van der Waals surface area contributed by atoms with Gasteiger partial charge in [0.2, 0.25) is 0 Å². The van der Waals surface area contributed by atoms with E-state index in [9.17, 15) is 18.0 Å². The number of rotatable bonds is 10. The summed E-state index contributed by atoms with van der Waals surface area (Å²) in [6.07, 6.45) is 7.72. The van der Waals surface area contributed by atoms with Crippen LogP contribution in [-0.2, 0) is 20.1 Å². The summed E-state index contributed by atoms with van der Waals surface area (Å²) in [5, 5.41) is 16.6. The van der Waals surface area contributed by atoms with Gasteiger partial charge in [-0.25, -0.2) is 4.79 Å². The fraction of sp³-hybridized carbons (Fsp3) is 0.846. The molecule has 126 valence electrons. The minimum atomic E-state index is -2.83. The van der Waals surface area contributed by atoms with Crippen LogP contribution in [0.5, 0.6) is 0 Å². The van der Waals surface area contributed by atoms with E-state index in [0.717, 1.165) is 0 Å². The van der Waals surface area contributed by atoms with Crippen molar-refractivity contribution in [3.05, 3.63) is 0 Å². The Balaban J connectivity index is -0.000000158. The quantitative estimate of drug-likeness (QED) is 0.448. The maximum Gasteiger partial charge on any atom is 0.329 e. The van der Waals surface area contributed by atoms with Gasteiger partial charge in [0, 0.05) is 65.5 Å². The van der Waals surface area contributed by atoms with Crippen LogP contribution >= 0.6 is 0 Å². The standard InChI is InChI=1S/C8H18.C5H7NO6S.2Na/c1-3-5-7-8-6-4-2;7-4(8)2-1-3(5(9)10)6-13(11)12;;/h3-8H2,1-2H3;3H,1-2H2,(H,7,8)(H,9,10);;/t;3-;;/m.0../s1. The first-order valence-electron chi connectivity index (χ1n) is 7.09. The molecule has 0 heterocycles. The van der Waals surface area contributed by atoms with Gasteiger partial charge >= 0.3 is 22.4 Å². The molecule has 0 bridgehead atoms. The fourth-order valence-corrected chi connectivity index (χ4v) is 1.84. The average molecular weight is 369 g/mol. The molecule has 0 spiro atoms. The van der Waals surface area contributed by atoms with Crippen LogP contribution in [0.4, 0.5) is 0 Å². The van der Waals surface area contributed by atoms with Gasteiger partial charge in [-0.05, 0) is 6.42 Å². The summed E-state index contributed by atoms with van der Waals surface area (Å²) in [4.78, 5) is 20.3. The van der Waals surface area contributed by atoms with Crippen molar-refractivity contribution in [3.8, 4) is 0 Å². The number of carboxylic acid groups (broad SMARTS) is 2. The third-order valence-corrected chi connectivity index (χ3v) is 3.01. The Morgan fingerprint density at radius 1 is 0.957 bits per heavy atom. The van der Waals surface area contributed by atoms with E-state index in [-0.39, 0.29) is 65.5 Å². The molecule has 0 aliphatic rings. The molecule has 0 aromatic carbocycles. The summed E-state index contributed by atoms with van der Waals surface area (Å²) >= 11 is 0. The Bertz CT molecular complexity index is 414. The van der Waals surface area contributed by atoms with Gasteiger partial charge in [-0.1, -0.05) is 52.4 Å². The predicted octanol–water partition coefficient (Wildman–Crippen LogP) is 1.97. The number of hydrogen-bond acceptors (Lipinski definition) is 5. The summed E-state index contributed by atoms with van der Waals surface area (Å²) in [5.74, 6) is -2.65. The molecule has 1 atom stereocenters. The Labute approximate surface area is 183 Å². The van der Waals surface area contributed by atoms with Crippen molar-refractivity contribution < 1.29 is 28.2 Å². The van der Waals surface area contributed by atoms with Crippen molar-refractivity contribution in [1.29, 1.82) is 0 Å². The third-order valence-electron chi connectivity index (χ3n) is 2.59. The summed E-state index contributed by atoms with van der Waals surface area (Å²) in [7, 11) is -2.83. The Morgan fingerprint density at radius 3 is 1.65 bits per heavy atom. The number of aliphatic carboxylic acids is 2. The van der Waals surface area contributed by atoms with Crippen LogP contribution in [0, 0.1) is 0 Å². The smallest absolute Gasteiger partial charge is 0.329 e. The molecule has 23 heavy (non-hydrogen) atoms. The number of nitrogens with zero attached hydrogens (tertiary/aromatic N) is 1. The van der Waals surface area contributed by atoms with Crippen LogP contribution in [-0.4, -0.2) is 95.7 Å². The Morgan fingerprint density at radius 2 is 1.39 bits per heavy atom. The maximum absolute atomic E-state index is 10.3. The molecule has 2 N–H and O–H groups in total. The Kier molecular flexibility index (Phi) is 30.7. The van der Waals surface area contributed by atoms with E-state index in [1.807, 2.05) is 0 Å². The van der Waals surface area contributed by atoms with E-state index in [0.29, 0.717) is 0 Å². The summed E-state index contributed by atoms with van der Waals surface area (Å²) in [5.41, 5.74) is 0. The van der Waals surface area contributed by atoms with Crippen molar-refractivity contribution in [2.24, 2.45) is 4.36 Å². The molecule has 0 unspecified atom stereocenters. The second kappa shape index (κ2) is 22.6. The van der Waals surface area contributed by atoms with Gasteiger partial charge in [-0.15, -0.1) is 0 Å². The molecule has 7 nitrogen and oxygen atoms in total. The van der Waals surface area contributed by atoms with Crippen LogP contribution in [0.25, 0.3) is 0 Å². The zero-order valence-corrected chi connectivity index (χ0v) is 19.4. The zero-order valence-electron chi connectivity index (χ0n) is 14.6. The van der Waals surface area contributed by atoms with Crippen LogP contribution in [0.2, 0.25) is 0 Å². The minimum Gasteiger partial charge on any atom is -0.481 e. The largest absolute Gasteiger partial charge is 0.481 e. The molecule has 0 aromatic rings. The number of carbonyl (C=O) groups is 2. The maximum atomic E-state index is 10.3. The van der Waals surface area contributed by atoms with Crippen LogP contribution < -0.4 is 0 Å². The molecule has 0 aliphatic carbocycles. The molecule has 0 aliphatic heterocycles. The van der Waals surface area contributed by atoms with E-state index in [1.54, 1.807) is 0 Å². The van der Waals surface area contributed by atoms with E-state index in [4.69, 9.17) is 10.2 Å². The van der Waals surface area contributed by atoms with E-state index >= 15 is 0 Å². The van der Waals surface area contributed by atoms with Crippen molar-refractivity contribution in [2.75, 3.05) is 0 Å². The molecule has 10 heteroatoms. The van der Waals surface area contributed by atoms with E-state index < -0.39 is 34.9 Å². The van der Waals surface area contributed by atoms with E-state index in [2.05, 4.69) is 18.2 Å². The molecule has 0 fully saturated rings. The molecular weight excluding hydrogens is 344 g/mol. The first-order chi connectivity index (χ1) is 9.84. The van der Waals surface area contributed by atoms with E-state index in [1.165, 1.54) is 38.5 Å². The van der Waals surface area contributed by atoms with Crippen molar-refractivity contribution in [1.82, 2.24) is 0 Å². The normalized spacial score (nSPS) is 10.0. The van der Waals surface area contributed by atoms with Crippen LogP contribution in [0.1, 0.15) is 65.2 Å². The molecule has 0 aromatic heterocycles. The summed E-state index contributed by atoms with van der Waals surface area (Å²) in [6, 6.07) is -1.51. The molecular formula is C13H25NNa2O6S. The molecule has 0 rings (SSSR count). The first kappa shape index (κ1) is 31.3. The molecule has 2 radical (unpaired) electrons. The summed E-state index contributed by atoms with van der Waals surface area (Å²) < 4.78 is 22.8. The minimum absolute atomic E-state index is 0.